The largest absolute Gasteiger partial charge is 0.444 e. The first kappa shape index (κ1) is 18.0. The van der Waals surface area contributed by atoms with E-state index in [-0.39, 0.29) is 12.3 Å². The molecule has 0 saturated heterocycles. The summed E-state index contributed by atoms with van der Waals surface area (Å²) in [6.45, 7) is 5.58. The molecule has 24 heavy (non-hydrogen) atoms. The zero-order valence-electron chi connectivity index (χ0n) is 13.9. The summed E-state index contributed by atoms with van der Waals surface area (Å²) < 4.78 is 5.21. The predicted octanol–water partition coefficient (Wildman–Crippen LogP) is 4.60. The van der Waals surface area contributed by atoms with Crippen LogP contribution in [0.25, 0.3) is 0 Å². The molecule has 0 aliphatic carbocycles. The van der Waals surface area contributed by atoms with Crippen molar-refractivity contribution in [2.24, 2.45) is 0 Å². The minimum Gasteiger partial charge on any atom is -0.444 e. The number of ketones is 1. The molecule has 5 heteroatoms. The van der Waals surface area contributed by atoms with Gasteiger partial charge in [-0.15, -0.1) is 0 Å². The smallest absolute Gasteiger partial charge is 0.407 e. The fraction of sp³-hybridized carbons (Fsp3) is 0.263. The number of ether oxygens (including phenoxy) is 1. The molecule has 0 aliphatic heterocycles. The van der Waals surface area contributed by atoms with Crippen LogP contribution >= 0.6 is 11.6 Å². The molecule has 0 spiro atoms. The van der Waals surface area contributed by atoms with E-state index in [1.165, 1.54) is 0 Å². The zero-order valence-corrected chi connectivity index (χ0v) is 14.7. The van der Waals surface area contributed by atoms with Gasteiger partial charge in [-0.1, -0.05) is 48.0 Å². The van der Waals surface area contributed by atoms with Gasteiger partial charge in [-0.2, -0.15) is 0 Å². The van der Waals surface area contributed by atoms with E-state index in [2.05, 4.69) is 5.32 Å². The maximum atomic E-state index is 12.7. The van der Waals surface area contributed by atoms with E-state index < -0.39 is 11.7 Å². The van der Waals surface area contributed by atoms with E-state index in [0.717, 1.165) is 0 Å². The molecule has 1 amide bonds. The molecule has 2 rings (SSSR count). The third kappa shape index (κ3) is 4.83. The van der Waals surface area contributed by atoms with Crippen molar-refractivity contribution in [3.05, 3.63) is 70.2 Å². The summed E-state index contributed by atoms with van der Waals surface area (Å²) in [5.74, 6) is -0.179. The summed E-state index contributed by atoms with van der Waals surface area (Å²) in [6.07, 6.45) is -0.525. The van der Waals surface area contributed by atoms with Crippen LogP contribution in [0.4, 0.5) is 4.79 Å². The SMILES string of the molecule is CC(C)(C)OC(=O)NCc1ccccc1C(=O)c1ccccc1Cl. The van der Waals surface area contributed by atoms with Crippen LogP contribution in [-0.2, 0) is 11.3 Å². The molecule has 1 N–H and O–H groups in total. The molecule has 0 aliphatic rings. The lowest BCUT2D eigenvalue weighted by Gasteiger charge is -2.20. The number of alkyl carbamates (subject to hydrolysis) is 1. The standard InChI is InChI=1S/C19H20ClNO3/c1-19(2,3)24-18(23)21-12-13-8-4-5-9-14(13)17(22)15-10-6-7-11-16(15)20/h4-11H,12H2,1-3H3,(H,21,23). The summed E-state index contributed by atoms with van der Waals surface area (Å²) >= 11 is 6.11. The van der Waals surface area contributed by atoms with Crippen molar-refractivity contribution in [1.29, 1.82) is 0 Å². The number of carbonyl (C=O) groups excluding carboxylic acids is 2. The molecule has 0 aromatic heterocycles. The van der Waals surface area contributed by atoms with Gasteiger partial charge in [0.05, 0.1) is 5.02 Å². The Kier molecular flexibility index (Phi) is 5.62. The minimum absolute atomic E-state index is 0.179. The van der Waals surface area contributed by atoms with E-state index in [4.69, 9.17) is 16.3 Å². The highest BCUT2D eigenvalue weighted by molar-refractivity contribution is 6.35. The Morgan fingerprint density at radius 3 is 2.21 bits per heavy atom. The molecule has 0 fully saturated rings. The van der Waals surface area contributed by atoms with Crippen LogP contribution in [0.3, 0.4) is 0 Å². The Morgan fingerprint density at radius 1 is 1.00 bits per heavy atom. The topological polar surface area (TPSA) is 55.4 Å². The second kappa shape index (κ2) is 7.49. The van der Waals surface area contributed by atoms with Gasteiger partial charge >= 0.3 is 6.09 Å². The average molecular weight is 346 g/mol. The molecule has 0 unspecified atom stereocenters. The number of hydrogen-bond acceptors (Lipinski definition) is 3. The van der Waals surface area contributed by atoms with Crippen LogP contribution in [0.2, 0.25) is 5.02 Å². The van der Waals surface area contributed by atoms with Gasteiger partial charge in [-0.3, -0.25) is 4.79 Å². The van der Waals surface area contributed by atoms with Crippen LogP contribution in [0, 0.1) is 0 Å². The van der Waals surface area contributed by atoms with Crippen molar-refractivity contribution < 1.29 is 14.3 Å². The fourth-order valence-corrected chi connectivity index (χ4v) is 2.39. The Balaban J connectivity index is 2.18. The Bertz CT molecular complexity index is 750. The number of amides is 1. The maximum Gasteiger partial charge on any atom is 0.407 e. The van der Waals surface area contributed by atoms with Crippen LogP contribution in [0.1, 0.15) is 42.3 Å². The van der Waals surface area contributed by atoms with E-state index >= 15 is 0 Å². The lowest BCUT2D eigenvalue weighted by molar-refractivity contribution is 0.0523. The van der Waals surface area contributed by atoms with Gasteiger partial charge in [0.25, 0.3) is 0 Å². The molecule has 0 radical (unpaired) electrons. The van der Waals surface area contributed by atoms with E-state index in [0.29, 0.717) is 21.7 Å². The van der Waals surface area contributed by atoms with Gasteiger partial charge in [0.2, 0.25) is 0 Å². The molecule has 2 aromatic rings. The molecule has 2 aromatic carbocycles. The van der Waals surface area contributed by atoms with Gasteiger partial charge in [0.1, 0.15) is 5.60 Å². The maximum absolute atomic E-state index is 12.7. The van der Waals surface area contributed by atoms with Crippen molar-refractivity contribution in [2.75, 3.05) is 0 Å². The molecule has 0 atom stereocenters. The van der Waals surface area contributed by atoms with Gasteiger partial charge in [0.15, 0.2) is 5.78 Å². The van der Waals surface area contributed by atoms with Gasteiger partial charge < -0.3 is 10.1 Å². The van der Waals surface area contributed by atoms with Crippen molar-refractivity contribution in [3.8, 4) is 0 Å². The number of benzene rings is 2. The highest BCUT2D eigenvalue weighted by Gasteiger charge is 2.18. The van der Waals surface area contributed by atoms with E-state index in [9.17, 15) is 9.59 Å². The Labute approximate surface area is 146 Å². The van der Waals surface area contributed by atoms with Crippen LogP contribution in [0.15, 0.2) is 48.5 Å². The number of rotatable bonds is 4. The first-order chi connectivity index (χ1) is 11.3. The molecular formula is C19H20ClNO3. The van der Waals surface area contributed by atoms with Gasteiger partial charge in [-0.05, 0) is 38.5 Å². The van der Waals surface area contributed by atoms with Crippen molar-refractivity contribution >= 4 is 23.5 Å². The first-order valence-corrected chi connectivity index (χ1v) is 8.00. The normalized spacial score (nSPS) is 11.0. The third-order valence-electron chi connectivity index (χ3n) is 3.20. The second-order valence-corrected chi connectivity index (χ2v) is 6.73. The molecule has 0 bridgehead atoms. The van der Waals surface area contributed by atoms with Crippen molar-refractivity contribution in [2.45, 2.75) is 32.9 Å². The molecule has 126 valence electrons. The van der Waals surface area contributed by atoms with Crippen molar-refractivity contribution in [1.82, 2.24) is 5.32 Å². The monoisotopic (exact) mass is 345 g/mol. The summed E-state index contributed by atoms with van der Waals surface area (Å²) in [5.41, 5.74) is 1.07. The fourth-order valence-electron chi connectivity index (χ4n) is 2.17. The number of halogens is 1. The first-order valence-electron chi connectivity index (χ1n) is 7.62. The number of nitrogens with one attached hydrogen (secondary N) is 1. The lowest BCUT2D eigenvalue weighted by Crippen LogP contribution is -2.32. The summed E-state index contributed by atoms with van der Waals surface area (Å²) in [6, 6.07) is 14.0. The quantitative estimate of drug-likeness (QED) is 0.824. The molecular weight excluding hydrogens is 326 g/mol. The highest BCUT2D eigenvalue weighted by atomic mass is 35.5. The van der Waals surface area contributed by atoms with Crippen LogP contribution in [-0.4, -0.2) is 17.5 Å². The second-order valence-electron chi connectivity index (χ2n) is 6.32. The van der Waals surface area contributed by atoms with E-state index in [1.807, 2.05) is 6.07 Å². The highest BCUT2D eigenvalue weighted by Crippen LogP contribution is 2.21. The van der Waals surface area contributed by atoms with Crippen LogP contribution < -0.4 is 5.32 Å². The number of hydrogen-bond donors (Lipinski definition) is 1. The lowest BCUT2D eigenvalue weighted by atomic mass is 9.98. The Hall–Kier alpha value is -2.33. The van der Waals surface area contributed by atoms with Crippen LogP contribution in [0.5, 0.6) is 0 Å². The van der Waals surface area contributed by atoms with Gasteiger partial charge in [-0.25, -0.2) is 4.79 Å². The zero-order chi connectivity index (χ0) is 17.7. The summed E-state index contributed by atoms with van der Waals surface area (Å²) in [4.78, 5) is 24.5. The third-order valence-corrected chi connectivity index (χ3v) is 3.53. The predicted molar refractivity (Wildman–Crippen MR) is 94.4 cm³/mol. The minimum atomic E-state index is -0.572. The Morgan fingerprint density at radius 2 is 1.58 bits per heavy atom. The average Bonchev–Trinajstić information content (AvgIpc) is 2.51. The van der Waals surface area contributed by atoms with Gasteiger partial charge in [0, 0.05) is 17.7 Å². The summed E-state index contributed by atoms with van der Waals surface area (Å²) in [5, 5.41) is 3.07. The number of carbonyl (C=O) groups is 2. The van der Waals surface area contributed by atoms with Crippen molar-refractivity contribution in [3.63, 3.8) is 0 Å². The molecule has 0 heterocycles. The molecule has 4 nitrogen and oxygen atoms in total. The molecule has 0 saturated carbocycles. The van der Waals surface area contributed by atoms with E-state index in [1.54, 1.807) is 63.2 Å². The summed E-state index contributed by atoms with van der Waals surface area (Å²) in [7, 11) is 0.